The molecule has 5 heteroatoms. The molecule has 0 saturated heterocycles. The molecule has 0 radical (unpaired) electrons. The van der Waals surface area contributed by atoms with Gasteiger partial charge in [-0.3, -0.25) is 9.69 Å². The summed E-state index contributed by atoms with van der Waals surface area (Å²) in [6, 6.07) is 9.58. The third-order valence-corrected chi connectivity index (χ3v) is 5.02. The first-order chi connectivity index (χ1) is 10.7. The maximum Gasteiger partial charge on any atom is 0.224 e. The van der Waals surface area contributed by atoms with Gasteiger partial charge in [-0.15, -0.1) is 11.3 Å². The van der Waals surface area contributed by atoms with Gasteiger partial charge >= 0.3 is 0 Å². The highest BCUT2D eigenvalue weighted by Gasteiger charge is 2.16. The molecule has 0 spiro atoms. The molecule has 1 amide bonds. The van der Waals surface area contributed by atoms with Gasteiger partial charge in [0.05, 0.1) is 11.4 Å². The van der Waals surface area contributed by atoms with Crippen LogP contribution in [0.15, 0.2) is 35.7 Å². The predicted molar refractivity (Wildman–Crippen MR) is 92.0 cm³/mol. The number of para-hydroxylation sites is 2. The van der Waals surface area contributed by atoms with Gasteiger partial charge in [0.2, 0.25) is 5.91 Å². The number of thiophene rings is 1. The Morgan fingerprint density at radius 1 is 1.32 bits per heavy atom. The van der Waals surface area contributed by atoms with Crippen LogP contribution < -0.4 is 11.1 Å². The van der Waals surface area contributed by atoms with Crippen LogP contribution in [0.5, 0.6) is 0 Å². The minimum Gasteiger partial charge on any atom is -0.397 e. The topological polar surface area (TPSA) is 58.4 Å². The average molecular weight is 315 g/mol. The Morgan fingerprint density at radius 2 is 2.18 bits per heavy atom. The van der Waals surface area contributed by atoms with Crippen molar-refractivity contribution in [2.24, 2.45) is 0 Å². The number of nitrogen functional groups attached to an aromatic ring is 1. The number of benzene rings is 1. The van der Waals surface area contributed by atoms with Crippen molar-refractivity contribution in [3.8, 4) is 0 Å². The maximum absolute atomic E-state index is 12.0. The molecular formula is C17H21N3OS. The van der Waals surface area contributed by atoms with E-state index in [4.69, 9.17) is 5.73 Å². The Hall–Kier alpha value is -1.85. The number of hydrogen-bond donors (Lipinski definition) is 2. The lowest BCUT2D eigenvalue weighted by Crippen LogP contribution is -2.31. The molecule has 1 aromatic heterocycles. The Bertz CT molecular complexity index is 653. The normalized spacial score (nSPS) is 14.5. The van der Waals surface area contributed by atoms with Gasteiger partial charge in [-0.2, -0.15) is 0 Å². The number of carbonyl (C=O) groups excluding carboxylic acids is 1. The van der Waals surface area contributed by atoms with Crippen molar-refractivity contribution >= 4 is 28.6 Å². The molecular weight excluding hydrogens is 294 g/mol. The third-order valence-electron chi connectivity index (χ3n) is 4.00. The van der Waals surface area contributed by atoms with Crippen LogP contribution in [0.1, 0.15) is 23.3 Å². The number of anilines is 2. The summed E-state index contributed by atoms with van der Waals surface area (Å²) in [5, 5.41) is 5.05. The fourth-order valence-electron chi connectivity index (χ4n) is 2.78. The molecule has 116 valence electrons. The maximum atomic E-state index is 12.0. The molecule has 1 aliphatic rings. The molecule has 1 aliphatic heterocycles. The van der Waals surface area contributed by atoms with E-state index in [0.717, 1.165) is 32.5 Å². The highest BCUT2D eigenvalue weighted by molar-refractivity contribution is 7.10. The van der Waals surface area contributed by atoms with Gasteiger partial charge in [0.1, 0.15) is 0 Å². The summed E-state index contributed by atoms with van der Waals surface area (Å²) in [5.41, 5.74) is 8.59. The summed E-state index contributed by atoms with van der Waals surface area (Å²) in [6.07, 6.45) is 2.54. The predicted octanol–water partition coefficient (Wildman–Crippen LogP) is 3.11. The highest BCUT2D eigenvalue weighted by atomic mass is 32.1. The van der Waals surface area contributed by atoms with Gasteiger partial charge in [-0.25, -0.2) is 0 Å². The van der Waals surface area contributed by atoms with E-state index in [1.807, 2.05) is 29.5 Å². The number of nitrogens with zero attached hydrogens (tertiary/aromatic N) is 1. The van der Waals surface area contributed by atoms with E-state index in [0.29, 0.717) is 17.8 Å². The first-order valence-corrected chi connectivity index (χ1v) is 8.52. The summed E-state index contributed by atoms with van der Waals surface area (Å²) >= 11 is 1.86. The molecule has 2 aromatic rings. The van der Waals surface area contributed by atoms with Crippen LogP contribution in [0.2, 0.25) is 0 Å². The quantitative estimate of drug-likeness (QED) is 0.834. The van der Waals surface area contributed by atoms with Gasteiger partial charge in [-0.05, 0) is 48.5 Å². The van der Waals surface area contributed by atoms with Gasteiger partial charge < -0.3 is 11.1 Å². The SMILES string of the molecule is Nc1ccccc1NC(=O)CCCN1CCc2sccc2C1. The molecule has 0 unspecified atom stereocenters. The zero-order valence-corrected chi connectivity index (χ0v) is 13.4. The molecule has 0 bridgehead atoms. The summed E-state index contributed by atoms with van der Waals surface area (Å²) < 4.78 is 0. The molecule has 3 rings (SSSR count). The number of hydrogen-bond acceptors (Lipinski definition) is 4. The monoisotopic (exact) mass is 315 g/mol. The molecule has 3 N–H and O–H groups in total. The van der Waals surface area contributed by atoms with Crippen LogP contribution in [0.3, 0.4) is 0 Å². The van der Waals surface area contributed by atoms with Crippen molar-refractivity contribution in [3.63, 3.8) is 0 Å². The van der Waals surface area contributed by atoms with E-state index >= 15 is 0 Å². The molecule has 0 aliphatic carbocycles. The smallest absolute Gasteiger partial charge is 0.224 e. The van der Waals surface area contributed by atoms with Crippen molar-refractivity contribution in [1.29, 1.82) is 0 Å². The second-order valence-corrected chi connectivity index (χ2v) is 6.63. The first-order valence-electron chi connectivity index (χ1n) is 7.64. The fourth-order valence-corrected chi connectivity index (χ4v) is 3.67. The largest absolute Gasteiger partial charge is 0.397 e. The molecule has 0 fully saturated rings. The lowest BCUT2D eigenvalue weighted by molar-refractivity contribution is -0.116. The summed E-state index contributed by atoms with van der Waals surface area (Å²) in [6.45, 7) is 3.08. The number of nitrogens with one attached hydrogen (secondary N) is 1. The summed E-state index contributed by atoms with van der Waals surface area (Å²) in [5.74, 6) is 0.0335. The van der Waals surface area contributed by atoms with E-state index in [1.54, 1.807) is 6.07 Å². The van der Waals surface area contributed by atoms with E-state index in [9.17, 15) is 4.79 Å². The number of fused-ring (bicyclic) bond motifs is 1. The minimum absolute atomic E-state index is 0.0335. The summed E-state index contributed by atoms with van der Waals surface area (Å²) in [4.78, 5) is 15.9. The Balaban J connectivity index is 1.42. The molecule has 4 nitrogen and oxygen atoms in total. The molecule has 22 heavy (non-hydrogen) atoms. The number of amides is 1. The van der Waals surface area contributed by atoms with Crippen LogP contribution in [0, 0.1) is 0 Å². The Morgan fingerprint density at radius 3 is 3.05 bits per heavy atom. The molecule has 1 aromatic carbocycles. The Kier molecular flexibility index (Phi) is 4.75. The van der Waals surface area contributed by atoms with E-state index in [-0.39, 0.29) is 5.91 Å². The molecule has 2 heterocycles. The number of nitrogens with two attached hydrogens (primary N) is 1. The van der Waals surface area contributed by atoms with Gasteiger partial charge in [-0.1, -0.05) is 12.1 Å². The lowest BCUT2D eigenvalue weighted by atomic mass is 10.1. The number of carbonyl (C=O) groups is 1. The zero-order chi connectivity index (χ0) is 15.4. The van der Waals surface area contributed by atoms with Crippen LogP contribution in [0.25, 0.3) is 0 Å². The van der Waals surface area contributed by atoms with Crippen LogP contribution in [-0.2, 0) is 17.8 Å². The third kappa shape index (κ3) is 3.67. The van der Waals surface area contributed by atoms with Crippen LogP contribution in [0.4, 0.5) is 11.4 Å². The molecule has 0 atom stereocenters. The van der Waals surface area contributed by atoms with Gasteiger partial charge in [0.25, 0.3) is 0 Å². The van der Waals surface area contributed by atoms with Gasteiger partial charge in [0, 0.05) is 24.4 Å². The fraction of sp³-hybridized carbons (Fsp3) is 0.353. The van der Waals surface area contributed by atoms with Crippen LogP contribution >= 0.6 is 11.3 Å². The lowest BCUT2D eigenvalue weighted by Gasteiger charge is -2.26. The standard InChI is InChI=1S/C17H21N3OS/c18-14-4-1-2-5-15(14)19-17(21)6-3-9-20-10-7-16-13(12-20)8-11-22-16/h1-2,4-5,8,11H,3,6-7,9-10,12,18H2,(H,19,21). The summed E-state index contributed by atoms with van der Waals surface area (Å²) in [7, 11) is 0. The highest BCUT2D eigenvalue weighted by Crippen LogP contribution is 2.24. The Labute approximate surface area is 134 Å². The van der Waals surface area contributed by atoms with Crippen molar-refractivity contribution in [1.82, 2.24) is 4.90 Å². The van der Waals surface area contributed by atoms with Gasteiger partial charge in [0.15, 0.2) is 0 Å². The number of rotatable bonds is 5. The van der Waals surface area contributed by atoms with Crippen molar-refractivity contribution in [2.45, 2.75) is 25.8 Å². The van der Waals surface area contributed by atoms with E-state index in [2.05, 4.69) is 21.7 Å². The molecule has 0 saturated carbocycles. The second kappa shape index (κ2) is 6.94. The van der Waals surface area contributed by atoms with Crippen LogP contribution in [-0.4, -0.2) is 23.9 Å². The average Bonchev–Trinajstić information content (AvgIpc) is 2.97. The minimum atomic E-state index is 0.0335. The van der Waals surface area contributed by atoms with E-state index < -0.39 is 0 Å². The van der Waals surface area contributed by atoms with Crippen molar-refractivity contribution < 1.29 is 4.79 Å². The van der Waals surface area contributed by atoms with Crippen molar-refractivity contribution in [2.75, 3.05) is 24.1 Å². The zero-order valence-electron chi connectivity index (χ0n) is 12.5. The van der Waals surface area contributed by atoms with E-state index in [1.165, 1.54) is 10.4 Å². The second-order valence-electron chi connectivity index (χ2n) is 5.63. The van der Waals surface area contributed by atoms with Crippen molar-refractivity contribution in [3.05, 3.63) is 46.2 Å². The first kappa shape index (κ1) is 15.1.